The van der Waals surface area contributed by atoms with Gasteiger partial charge in [0.2, 0.25) is 0 Å². The molecule has 21 heavy (non-hydrogen) atoms. The SMILES string of the molecule is O=C(O)c1ccc2c(c1)CCN2C(=O)Nc1nccnn1. The minimum Gasteiger partial charge on any atom is -0.478 e. The number of hydrogen-bond donors (Lipinski definition) is 2. The Morgan fingerprint density at radius 2 is 2.14 bits per heavy atom. The van der Waals surface area contributed by atoms with Crippen molar-refractivity contribution in [1.29, 1.82) is 0 Å². The number of anilines is 2. The lowest BCUT2D eigenvalue weighted by Gasteiger charge is -2.17. The molecular weight excluding hydrogens is 274 g/mol. The Hall–Kier alpha value is -3.03. The number of amides is 2. The molecule has 2 amide bonds. The third-order valence-corrected chi connectivity index (χ3v) is 3.17. The van der Waals surface area contributed by atoms with Crippen LogP contribution in [0.3, 0.4) is 0 Å². The Labute approximate surface area is 119 Å². The second-order valence-electron chi connectivity index (χ2n) is 4.45. The first-order chi connectivity index (χ1) is 10.1. The van der Waals surface area contributed by atoms with E-state index in [0.717, 1.165) is 5.56 Å². The maximum Gasteiger partial charge on any atom is 0.335 e. The van der Waals surface area contributed by atoms with E-state index in [1.165, 1.54) is 23.4 Å². The molecule has 0 atom stereocenters. The van der Waals surface area contributed by atoms with Crippen LogP contribution in [0.15, 0.2) is 30.6 Å². The Kier molecular flexibility index (Phi) is 3.19. The number of carboxylic acid groups (broad SMARTS) is 1. The van der Waals surface area contributed by atoms with Gasteiger partial charge >= 0.3 is 12.0 Å². The topological polar surface area (TPSA) is 108 Å². The highest BCUT2D eigenvalue weighted by atomic mass is 16.4. The molecule has 0 fully saturated rings. The minimum atomic E-state index is -0.982. The molecule has 0 bridgehead atoms. The molecule has 8 nitrogen and oxygen atoms in total. The molecule has 0 saturated heterocycles. The number of aromatic carboxylic acids is 1. The summed E-state index contributed by atoms with van der Waals surface area (Å²) >= 11 is 0. The van der Waals surface area contributed by atoms with E-state index in [2.05, 4.69) is 20.5 Å². The van der Waals surface area contributed by atoms with E-state index in [0.29, 0.717) is 18.7 Å². The molecule has 0 radical (unpaired) electrons. The van der Waals surface area contributed by atoms with Crippen LogP contribution in [0.5, 0.6) is 0 Å². The van der Waals surface area contributed by atoms with Gasteiger partial charge in [-0.15, -0.1) is 5.10 Å². The Morgan fingerprint density at radius 1 is 1.29 bits per heavy atom. The van der Waals surface area contributed by atoms with Crippen molar-refractivity contribution < 1.29 is 14.7 Å². The van der Waals surface area contributed by atoms with Crippen LogP contribution in [-0.2, 0) is 6.42 Å². The Morgan fingerprint density at radius 3 is 2.86 bits per heavy atom. The number of benzene rings is 1. The summed E-state index contributed by atoms with van der Waals surface area (Å²) in [6.07, 6.45) is 3.45. The van der Waals surface area contributed by atoms with Crippen molar-refractivity contribution in [3.63, 3.8) is 0 Å². The number of urea groups is 1. The van der Waals surface area contributed by atoms with Gasteiger partial charge in [-0.1, -0.05) is 0 Å². The lowest BCUT2D eigenvalue weighted by atomic mass is 10.1. The maximum atomic E-state index is 12.2. The Balaban J connectivity index is 1.81. The fourth-order valence-electron chi connectivity index (χ4n) is 2.21. The van der Waals surface area contributed by atoms with Crippen molar-refractivity contribution in [3.05, 3.63) is 41.7 Å². The summed E-state index contributed by atoms with van der Waals surface area (Å²) in [7, 11) is 0. The molecule has 0 aliphatic carbocycles. The van der Waals surface area contributed by atoms with Gasteiger partial charge in [-0.25, -0.2) is 14.6 Å². The van der Waals surface area contributed by atoms with Gasteiger partial charge in [-0.2, -0.15) is 5.10 Å². The van der Waals surface area contributed by atoms with Gasteiger partial charge in [0.1, 0.15) is 0 Å². The van der Waals surface area contributed by atoms with Crippen LogP contribution in [0, 0.1) is 0 Å². The van der Waals surface area contributed by atoms with Crippen LogP contribution in [0.2, 0.25) is 0 Å². The summed E-state index contributed by atoms with van der Waals surface area (Å²) in [6.45, 7) is 0.477. The second kappa shape index (κ2) is 5.16. The molecule has 2 heterocycles. The fourth-order valence-corrected chi connectivity index (χ4v) is 2.21. The van der Waals surface area contributed by atoms with Gasteiger partial charge < -0.3 is 5.11 Å². The molecule has 1 aliphatic rings. The van der Waals surface area contributed by atoms with Crippen molar-refractivity contribution in [1.82, 2.24) is 15.2 Å². The van der Waals surface area contributed by atoms with E-state index in [1.807, 2.05) is 0 Å². The predicted octanol–water partition coefficient (Wildman–Crippen LogP) is 1.16. The van der Waals surface area contributed by atoms with Crippen molar-refractivity contribution in [3.8, 4) is 0 Å². The summed E-state index contributed by atoms with van der Waals surface area (Å²) < 4.78 is 0. The predicted molar refractivity (Wildman–Crippen MR) is 73.3 cm³/mol. The molecule has 2 aromatic rings. The smallest absolute Gasteiger partial charge is 0.335 e. The molecule has 0 spiro atoms. The fraction of sp³-hybridized carbons (Fsp3) is 0.154. The number of carboxylic acids is 1. The zero-order valence-electron chi connectivity index (χ0n) is 10.9. The van der Waals surface area contributed by atoms with Crippen molar-refractivity contribution in [2.45, 2.75) is 6.42 Å². The summed E-state index contributed by atoms with van der Waals surface area (Å²) in [6, 6.07) is 4.33. The zero-order valence-corrected chi connectivity index (χ0v) is 10.9. The molecule has 2 N–H and O–H groups in total. The molecule has 0 saturated carbocycles. The average Bonchev–Trinajstić information content (AvgIpc) is 2.91. The van der Waals surface area contributed by atoms with Gasteiger partial charge in [-0.05, 0) is 30.2 Å². The van der Waals surface area contributed by atoms with E-state index in [-0.39, 0.29) is 17.5 Å². The minimum absolute atomic E-state index is 0.123. The number of fused-ring (bicyclic) bond motifs is 1. The molecule has 106 valence electrons. The quantitative estimate of drug-likeness (QED) is 0.857. The van der Waals surface area contributed by atoms with Gasteiger partial charge in [0.25, 0.3) is 5.95 Å². The van der Waals surface area contributed by atoms with Gasteiger partial charge in [0.15, 0.2) is 0 Å². The summed E-state index contributed by atoms with van der Waals surface area (Å²) in [5, 5.41) is 18.8. The van der Waals surface area contributed by atoms with Crippen LogP contribution >= 0.6 is 0 Å². The monoisotopic (exact) mass is 285 g/mol. The van der Waals surface area contributed by atoms with Crippen LogP contribution in [0.1, 0.15) is 15.9 Å². The normalized spacial score (nSPS) is 12.9. The average molecular weight is 285 g/mol. The zero-order chi connectivity index (χ0) is 14.8. The second-order valence-corrected chi connectivity index (χ2v) is 4.45. The molecule has 8 heteroatoms. The van der Waals surface area contributed by atoms with Crippen LogP contribution < -0.4 is 10.2 Å². The highest BCUT2D eigenvalue weighted by Gasteiger charge is 2.26. The van der Waals surface area contributed by atoms with Gasteiger partial charge in [-0.3, -0.25) is 10.2 Å². The molecule has 1 aromatic heterocycles. The number of nitrogens with one attached hydrogen (secondary N) is 1. The third-order valence-electron chi connectivity index (χ3n) is 3.17. The standard InChI is InChI=1S/C13H11N5O3/c19-11(20)9-1-2-10-8(7-9)3-6-18(10)13(21)16-12-14-4-5-15-17-12/h1-2,4-5,7H,3,6H2,(H,19,20)(H,14,16,17,21). The maximum absolute atomic E-state index is 12.2. The summed E-state index contributed by atoms with van der Waals surface area (Å²) in [4.78, 5) is 28.5. The number of rotatable bonds is 2. The van der Waals surface area contributed by atoms with Crippen LogP contribution in [0.4, 0.5) is 16.4 Å². The largest absolute Gasteiger partial charge is 0.478 e. The summed E-state index contributed by atoms with van der Waals surface area (Å²) in [5.41, 5.74) is 1.74. The van der Waals surface area contributed by atoms with Crippen molar-refractivity contribution >= 4 is 23.6 Å². The highest BCUT2D eigenvalue weighted by molar-refractivity contribution is 6.02. The molecule has 3 rings (SSSR count). The third kappa shape index (κ3) is 2.50. The number of hydrogen-bond acceptors (Lipinski definition) is 5. The number of aromatic nitrogens is 3. The molecule has 0 unspecified atom stereocenters. The van der Waals surface area contributed by atoms with E-state index >= 15 is 0 Å². The van der Waals surface area contributed by atoms with E-state index in [9.17, 15) is 9.59 Å². The summed E-state index contributed by atoms with van der Waals surface area (Å²) in [5.74, 6) is -0.859. The lowest BCUT2D eigenvalue weighted by Crippen LogP contribution is -2.34. The van der Waals surface area contributed by atoms with E-state index < -0.39 is 5.97 Å². The molecule has 1 aliphatic heterocycles. The van der Waals surface area contributed by atoms with E-state index in [1.54, 1.807) is 12.1 Å². The van der Waals surface area contributed by atoms with Crippen molar-refractivity contribution in [2.24, 2.45) is 0 Å². The van der Waals surface area contributed by atoms with Crippen LogP contribution in [0.25, 0.3) is 0 Å². The van der Waals surface area contributed by atoms with Gasteiger partial charge in [0.05, 0.1) is 18.0 Å². The number of carbonyl (C=O) groups excluding carboxylic acids is 1. The number of nitrogens with zero attached hydrogens (tertiary/aromatic N) is 4. The number of carbonyl (C=O) groups is 2. The lowest BCUT2D eigenvalue weighted by molar-refractivity contribution is 0.0697. The van der Waals surface area contributed by atoms with Crippen LogP contribution in [-0.4, -0.2) is 38.8 Å². The van der Waals surface area contributed by atoms with Crippen molar-refractivity contribution in [2.75, 3.05) is 16.8 Å². The first kappa shape index (κ1) is 13.0. The van der Waals surface area contributed by atoms with Gasteiger partial charge in [0, 0.05) is 12.2 Å². The molecule has 1 aromatic carbocycles. The molecular formula is C13H11N5O3. The first-order valence-corrected chi connectivity index (χ1v) is 6.23. The van der Waals surface area contributed by atoms with E-state index in [4.69, 9.17) is 5.11 Å². The highest BCUT2D eigenvalue weighted by Crippen LogP contribution is 2.29. The first-order valence-electron chi connectivity index (χ1n) is 6.23. The Bertz CT molecular complexity index is 704.